The summed E-state index contributed by atoms with van der Waals surface area (Å²) in [6.45, 7) is 1.99. The second-order valence-electron chi connectivity index (χ2n) is 7.84. The van der Waals surface area contributed by atoms with Crippen molar-refractivity contribution >= 4 is 11.0 Å². The lowest BCUT2D eigenvalue weighted by molar-refractivity contribution is 1.04. The Hall–Kier alpha value is -4.58. The van der Waals surface area contributed by atoms with Gasteiger partial charge >= 0.3 is 0 Å². The van der Waals surface area contributed by atoms with Crippen LogP contribution in [0.1, 0.15) is 5.69 Å². The number of fused-ring (bicyclic) bond motifs is 1. The summed E-state index contributed by atoms with van der Waals surface area (Å²) >= 11 is 0. The molecular formula is C27H20N6. The molecule has 0 bridgehead atoms. The van der Waals surface area contributed by atoms with Gasteiger partial charge in [-0.1, -0.05) is 6.07 Å². The summed E-state index contributed by atoms with van der Waals surface area (Å²) < 4.78 is 4.19. The lowest BCUT2D eigenvalue weighted by atomic mass is 10.2. The van der Waals surface area contributed by atoms with E-state index in [-0.39, 0.29) is 0 Å². The molecule has 5 aromatic heterocycles. The van der Waals surface area contributed by atoms with Gasteiger partial charge in [0, 0.05) is 53.3 Å². The fourth-order valence-corrected chi connectivity index (χ4v) is 4.04. The van der Waals surface area contributed by atoms with Gasteiger partial charge in [0.2, 0.25) is 0 Å². The molecule has 6 aromatic rings. The molecule has 6 rings (SSSR count). The van der Waals surface area contributed by atoms with Crippen molar-refractivity contribution in [3.8, 4) is 34.2 Å². The van der Waals surface area contributed by atoms with E-state index in [4.69, 9.17) is 4.98 Å². The average Bonchev–Trinajstić information content (AvgIpc) is 3.50. The lowest BCUT2D eigenvalue weighted by Gasteiger charge is -2.10. The van der Waals surface area contributed by atoms with E-state index < -0.39 is 0 Å². The first-order valence-corrected chi connectivity index (χ1v) is 10.7. The summed E-state index contributed by atoms with van der Waals surface area (Å²) in [5.41, 5.74) is 6.63. The zero-order valence-corrected chi connectivity index (χ0v) is 18.0. The molecule has 0 radical (unpaired) electrons. The second-order valence-corrected chi connectivity index (χ2v) is 7.84. The highest BCUT2D eigenvalue weighted by Gasteiger charge is 2.15. The monoisotopic (exact) mass is 428 g/mol. The first kappa shape index (κ1) is 19.1. The third-order valence-electron chi connectivity index (χ3n) is 5.64. The van der Waals surface area contributed by atoms with E-state index in [1.54, 1.807) is 6.20 Å². The van der Waals surface area contributed by atoms with E-state index in [0.29, 0.717) is 0 Å². The highest BCUT2D eigenvalue weighted by Crippen LogP contribution is 2.28. The lowest BCUT2D eigenvalue weighted by Crippen LogP contribution is -1.98. The minimum atomic E-state index is 0.824. The number of hydrogen-bond donors (Lipinski definition) is 0. The smallest absolute Gasteiger partial charge is 0.145 e. The zero-order valence-electron chi connectivity index (χ0n) is 18.0. The molecule has 33 heavy (non-hydrogen) atoms. The number of aryl methyl sites for hydroxylation is 1. The summed E-state index contributed by atoms with van der Waals surface area (Å²) in [6.07, 6.45) is 9.51. The largest absolute Gasteiger partial charge is 0.301 e. The number of nitrogens with zero attached hydrogens (tertiary/aromatic N) is 6. The van der Waals surface area contributed by atoms with Gasteiger partial charge in [-0.3, -0.25) is 14.5 Å². The standard InChI is InChI=1S/C27H20N6/c1-19-17-23(11-15-28-19)33-18-25(24-6-2-3-13-29-24)31-27(33)21-7-9-22(10-8-21)32-16-12-20-5-4-14-30-26(20)32/h2-18H,1H3. The number of aromatic nitrogens is 6. The van der Waals surface area contributed by atoms with Gasteiger partial charge in [0.1, 0.15) is 17.2 Å². The molecule has 0 amide bonds. The summed E-state index contributed by atoms with van der Waals surface area (Å²) in [5, 5.41) is 1.12. The highest BCUT2D eigenvalue weighted by molar-refractivity contribution is 5.78. The van der Waals surface area contributed by atoms with Gasteiger partial charge in [-0.05, 0) is 73.7 Å². The molecule has 5 heterocycles. The van der Waals surface area contributed by atoms with Gasteiger partial charge in [0.05, 0.1) is 11.4 Å². The maximum absolute atomic E-state index is 4.96. The van der Waals surface area contributed by atoms with Crippen LogP contribution in [0.25, 0.3) is 45.2 Å². The van der Waals surface area contributed by atoms with Crippen LogP contribution in [-0.2, 0) is 0 Å². The van der Waals surface area contributed by atoms with E-state index >= 15 is 0 Å². The third-order valence-corrected chi connectivity index (χ3v) is 5.64. The van der Waals surface area contributed by atoms with E-state index in [1.807, 2.05) is 62.0 Å². The van der Waals surface area contributed by atoms with Crippen molar-refractivity contribution in [1.82, 2.24) is 29.1 Å². The van der Waals surface area contributed by atoms with Gasteiger partial charge in [-0.2, -0.15) is 0 Å². The van der Waals surface area contributed by atoms with Crippen molar-refractivity contribution in [2.45, 2.75) is 6.92 Å². The molecule has 0 N–H and O–H groups in total. The van der Waals surface area contributed by atoms with Gasteiger partial charge in [-0.25, -0.2) is 9.97 Å². The van der Waals surface area contributed by atoms with Crippen molar-refractivity contribution in [3.63, 3.8) is 0 Å². The van der Waals surface area contributed by atoms with Crippen LogP contribution in [0, 0.1) is 6.92 Å². The second kappa shape index (κ2) is 7.84. The SMILES string of the molecule is Cc1cc(-n2cc(-c3ccccn3)nc2-c2ccc(-n3ccc4cccnc43)cc2)ccn1. The molecule has 1 aromatic carbocycles. The van der Waals surface area contributed by atoms with Crippen molar-refractivity contribution < 1.29 is 0 Å². The number of benzene rings is 1. The molecule has 0 saturated carbocycles. The Morgan fingerprint density at radius 3 is 2.36 bits per heavy atom. The predicted molar refractivity (Wildman–Crippen MR) is 129 cm³/mol. The van der Waals surface area contributed by atoms with Crippen LogP contribution in [0.5, 0.6) is 0 Å². The third kappa shape index (κ3) is 3.47. The molecule has 0 aliphatic carbocycles. The van der Waals surface area contributed by atoms with Crippen LogP contribution in [-0.4, -0.2) is 29.1 Å². The van der Waals surface area contributed by atoms with Crippen LogP contribution in [0.15, 0.2) is 104 Å². The minimum Gasteiger partial charge on any atom is -0.301 e. The highest BCUT2D eigenvalue weighted by atomic mass is 15.1. The normalized spacial score (nSPS) is 11.2. The van der Waals surface area contributed by atoms with Crippen LogP contribution >= 0.6 is 0 Å². The maximum Gasteiger partial charge on any atom is 0.145 e. The number of rotatable bonds is 4. The van der Waals surface area contributed by atoms with Crippen molar-refractivity contribution in [3.05, 3.63) is 109 Å². The maximum atomic E-state index is 4.96. The predicted octanol–water partition coefficient (Wildman–Crippen LogP) is 5.64. The van der Waals surface area contributed by atoms with Crippen LogP contribution in [0.2, 0.25) is 0 Å². The van der Waals surface area contributed by atoms with E-state index in [1.165, 1.54) is 0 Å². The molecule has 0 unspecified atom stereocenters. The first-order chi connectivity index (χ1) is 16.3. The van der Waals surface area contributed by atoms with Gasteiger partial charge < -0.3 is 4.57 Å². The summed E-state index contributed by atoms with van der Waals surface area (Å²) in [4.78, 5) is 18.3. The Morgan fingerprint density at radius 2 is 1.55 bits per heavy atom. The molecule has 0 saturated heterocycles. The van der Waals surface area contributed by atoms with Gasteiger partial charge in [0.25, 0.3) is 0 Å². The summed E-state index contributed by atoms with van der Waals surface area (Å²) in [5.74, 6) is 0.850. The molecule has 0 aliphatic heterocycles. The zero-order chi connectivity index (χ0) is 22.2. The molecule has 0 fully saturated rings. The molecular weight excluding hydrogens is 408 g/mol. The number of imidazole rings is 1. The molecule has 6 heteroatoms. The quantitative estimate of drug-likeness (QED) is 0.364. The fraction of sp³-hybridized carbons (Fsp3) is 0.0370. The van der Waals surface area contributed by atoms with Gasteiger partial charge in [0.15, 0.2) is 0 Å². The Morgan fingerprint density at radius 1 is 0.667 bits per heavy atom. The Balaban J connectivity index is 1.46. The Bertz CT molecular complexity index is 1560. The molecule has 6 nitrogen and oxygen atoms in total. The minimum absolute atomic E-state index is 0.824. The van der Waals surface area contributed by atoms with E-state index in [9.17, 15) is 0 Å². The first-order valence-electron chi connectivity index (χ1n) is 10.7. The Kier molecular flexibility index (Phi) is 4.54. The topological polar surface area (TPSA) is 61.4 Å². The molecule has 0 atom stereocenters. The van der Waals surface area contributed by atoms with E-state index in [0.717, 1.165) is 50.9 Å². The molecule has 0 aliphatic rings. The van der Waals surface area contributed by atoms with E-state index in [2.05, 4.69) is 66.6 Å². The van der Waals surface area contributed by atoms with Crippen molar-refractivity contribution in [2.24, 2.45) is 0 Å². The number of hydrogen-bond acceptors (Lipinski definition) is 4. The fourth-order valence-electron chi connectivity index (χ4n) is 4.04. The van der Waals surface area contributed by atoms with Crippen LogP contribution in [0.4, 0.5) is 0 Å². The summed E-state index contributed by atoms with van der Waals surface area (Å²) in [6, 6.07) is 24.4. The van der Waals surface area contributed by atoms with Crippen molar-refractivity contribution in [1.29, 1.82) is 0 Å². The van der Waals surface area contributed by atoms with Crippen LogP contribution in [0.3, 0.4) is 0 Å². The van der Waals surface area contributed by atoms with Crippen LogP contribution < -0.4 is 0 Å². The number of pyridine rings is 3. The van der Waals surface area contributed by atoms with Gasteiger partial charge in [-0.15, -0.1) is 0 Å². The molecule has 0 spiro atoms. The van der Waals surface area contributed by atoms with Crippen molar-refractivity contribution in [2.75, 3.05) is 0 Å². The molecule has 158 valence electrons. The summed E-state index contributed by atoms with van der Waals surface area (Å²) in [7, 11) is 0. The Labute approximate surface area is 190 Å². The average molecular weight is 428 g/mol.